The summed E-state index contributed by atoms with van der Waals surface area (Å²) >= 11 is 6.57. The van der Waals surface area contributed by atoms with Crippen molar-refractivity contribution in [3.8, 4) is 11.4 Å². The topological polar surface area (TPSA) is 79.7 Å². The molecule has 274 valence electrons. The summed E-state index contributed by atoms with van der Waals surface area (Å²) in [6, 6.07) is 17.9. The van der Waals surface area contributed by atoms with E-state index in [1.54, 1.807) is 6.07 Å². The van der Waals surface area contributed by atoms with Crippen molar-refractivity contribution in [1.29, 1.82) is 0 Å². The van der Waals surface area contributed by atoms with Crippen LogP contribution in [0.4, 0.5) is 0 Å². The number of ether oxygens (including phenoxy) is 1. The maximum absolute atomic E-state index is 13.4. The highest BCUT2D eigenvalue weighted by atomic mass is 35.5. The first kappa shape index (κ1) is 32.7. The van der Waals surface area contributed by atoms with E-state index in [-0.39, 0.29) is 22.3 Å². The Balaban J connectivity index is 0.730. The summed E-state index contributed by atoms with van der Waals surface area (Å²) in [5, 5.41) is 3.98. The number of fused-ring (bicyclic) bond motifs is 11. The third-order valence-electron chi connectivity index (χ3n) is 14.8. The van der Waals surface area contributed by atoms with Crippen molar-refractivity contribution in [1.82, 2.24) is 24.7 Å². The number of nitrogens with one attached hydrogen (secondary N) is 1. The molecular weight excluding hydrogens is 682 g/mol. The van der Waals surface area contributed by atoms with Gasteiger partial charge in [-0.3, -0.25) is 14.2 Å². The van der Waals surface area contributed by atoms with Crippen LogP contribution in [0.15, 0.2) is 53.3 Å². The van der Waals surface area contributed by atoms with E-state index in [2.05, 4.69) is 43.9 Å². The first-order valence-electron chi connectivity index (χ1n) is 20.3. The zero-order chi connectivity index (χ0) is 35.5. The number of hydrogen-bond donors (Lipinski definition) is 1. The summed E-state index contributed by atoms with van der Waals surface area (Å²) in [5.41, 5.74) is 7.83. The van der Waals surface area contributed by atoms with E-state index in [0.29, 0.717) is 22.9 Å². The highest BCUT2D eigenvalue weighted by Crippen LogP contribution is 2.53. The van der Waals surface area contributed by atoms with Crippen molar-refractivity contribution in [3.05, 3.63) is 97.5 Å². The predicted octanol–water partition coefficient (Wildman–Crippen LogP) is 7.23. The molecule has 1 amide bonds. The number of likely N-dealkylation sites (tertiary alicyclic amines) is 2. The van der Waals surface area contributed by atoms with Crippen LogP contribution < -0.4 is 15.6 Å². The number of hydrogen-bond acceptors (Lipinski definition) is 6. The maximum atomic E-state index is 13.4. The van der Waals surface area contributed by atoms with E-state index >= 15 is 0 Å². The average Bonchev–Trinajstić information content (AvgIpc) is 3.81. The van der Waals surface area contributed by atoms with Gasteiger partial charge < -0.3 is 19.9 Å². The molecule has 8 nitrogen and oxygen atoms in total. The van der Waals surface area contributed by atoms with Gasteiger partial charge >= 0.3 is 0 Å². The van der Waals surface area contributed by atoms with Crippen molar-refractivity contribution in [2.24, 2.45) is 5.92 Å². The molecule has 4 fully saturated rings. The van der Waals surface area contributed by atoms with Crippen molar-refractivity contribution in [2.75, 3.05) is 39.3 Å². The lowest BCUT2D eigenvalue weighted by Gasteiger charge is -2.48. The monoisotopic (exact) mass is 729 g/mol. The van der Waals surface area contributed by atoms with Gasteiger partial charge in [-0.05, 0) is 125 Å². The second-order valence-corrected chi connectivity index (χ2v) is 17.9. The summed E-state index contributed by atoms with van der Waals surface area (Å²) in [5.74, 6) is 3.32. The number of nitrogens with zero attached hydrogens (tertiary/aromatic N) is 4. The zero-order valence-electron chi connectivity index (χ0n) is 30.5. The normalized spacial score (nSPS) is 25.9. The van der Waals surface area contributed by atoms with Crippen LogP contribution in [0, 0.1) is 5.92 Å². The molecule has 2 aliphatic carbocycles. The Bertz CT molecular complexity index is 2220. The summed E-state index contributed by atoms with van der Waals surface area (Å²) in [4.78, 5) is 35.9. The van der Waals surface area contributed by atoms with Crippen molar-refractivity contribution in [2.45, 2.75) is 100.0 Å². The molecular formula is C44H48ClN5O3. The molecule has 0 unspecified atom stereocenters. The smallest absolute Gasteiger partial charge is 0.282 e. The minimum absolute atomic E-state index is 0.0303. The zero-order valence-corrected chi connectivity index (χ0v) is 31.2. The lowest BCUT2D eigenvalue weighted by atomic mass is 9.69. The van der Waals surface area contributed by atoms with Gasteiger partial charge in [-0.2, -0.15) is 4.98 Å². The number of aromatic nitrogens is 2. The summed E-state index contributed by atoms with van der Waals surface area (Å²) in [7, 11) is 0. The van der Waals surface area contributed by atoms with Gasteiger partial charge in [-0.1, -0.05) is 55.1 Å². The molecule has 9 heteroatoms. The van der Waals surface area contributed by atoms with Gasteiger partial charge in [-0.15, -0.1) is 0 Å². The molecule has 5 aliphatic heterocycles. The highest BCUT2D eigenvalue weighted by Gasteiger charge is 2.48. The molecule has 3 aromatic carbocycles. The van der Waals surface area contributed by atoms with E-state index in [1.165, 1.54) is 87.0 Å². The Morgan fingerprint density at radius 3 is 2.53 bits per heavy atom. The second kappa shape index (κ2) is 12.1. The van der Waals surface area contributed by atoms with E-state index in [0.717, 1.165) is 85.6 Å². The maximum Gasteiger partial charge on any atom is 0.282 e. The summed E-state index contributed by atoms with van der Waals surface area (Å²) in [6.07, 6.45) is 13.0. The predicted molar refractivity (Wildman–Crippen MR) is 207 cm³/mol. The lowest BCUT2D eigenvalue weighted by Crippen LogP contribution is -2.52. The van der Waals surface area contributed by atoms with Gasteiger partial charge in [0.1, 0.15) is 11.6 Å². The van der Waals surface area contributed by atoms with Crippen LogP contribution in [-0.4, -0.2) is 70.6 Å². The van der Waals surface area contributed by atoms with Crippen LogP contribution in [0.5, 0.6) is 5.75 Å². The van der Waals surface area contributed by atoms with Crippen molar-refractivity contribution < 1.29 is 9.53 Å². The van der Waals surface area contributed by atoms with Crippen LogP contribution in [0.2, 0.25) is 5.02 Å². The Labute approximate surface area is 315 Å². The molecule has 4 aromatic rings. The summed E-state index contributed by atoms with van der Waals surface area (Å²) in [6.45, 7) is 7.20. The van der Waals surface area contributed by atoms with Crippen LogP contribution in [0.1, 0.15) is 115 Å². The Morgan fingerprint density at radius 1 is 0.906 bits per heavy atom. The lowest BCUT2D eigenvalue weighted by molar-refractivity contribution is 0.0300. The Hall–Kier alpha value is -3.72. The van der Waals surface area contributed by atoms with Gasteiger partial charge in [-0.25, -0.2) is 0 Å². The van der Waals surface area contributed by atoms with Crippen LogP contribution in [0.25, 0.3) is 16.6 Å². The SMILES string of the molecule is O=C1NCc2c1ccc1c2OCC12CCN(CC1CC(N3CCC(c4ccc5c(c4)C4(CCCCC4)c4nc(=O)c6c(Cl)cccc6n4-5)CC3)C1)CC2. The minimum Gasteiger partial charge on any atom is -0.492 e. The first-order valence-corrected chi connectivity index (χ1v) is 20.7. The Morgan fingerprint density at radius 2 is 1.72 bits per heavy atom. The van der Waals surface area contributed by atoms with Crippen LogP contribution in [-0.2, 0) is 17.4 Å². The van der Waals surface area contributed by atoms with E-state index in [4.69, 9.17) is 21.3 Å². The van der Waals surface area contributed by atoms with E-state index < -0.39 is 0 Å². The fourth-order valence-corrected chi connectivity index (χ4v) is 12.0. The molecule has 0 bridgehead atoms. The van der Waals surface area contributed by atoms with E-state index in [1.807, 2.05) is 18.2 Å². The molecule has 2 saturated heterocycles. The molecule has 0 radical (unpaired) electrons. The minimum atomic E-state index is -0.198. The van der Waals surface area contributed by atoms with Crippen LogP contribution >= 0.6 is 11.6 Å². The van der Waals surface area contributed by atoms with Gasteiger partial charge in [0.05, 0.1) is 33.6 Å². The molecule has 6 heterocycles. The first-order chi connectivity index (χ1) is 25.9. The molecule has 7 aliphatic rings. The number of carbonyl (C=O) groups excluding carboxylic acids is 1. The van der Waals surface area contributed by atoms with Gasteiger partial charge in [0, 0.05) is 41.2 Å². The van der Waals surface area contributed by atoms with Gasteiger partial charge in [0.25, 0.3) is 11.5 Å². The van der Waals surface area contributed by atoms with Crippen LogP contribution in [0.3, 0.4) is 0 Å². The molecule has 11 rings (SSSR count). The quantitative estimate of drug-likeness (QED) is 0.239. The number of halogens is 1. The van der Waals surface area contributed by atoms with Gasteiger partial charge in [0.2, 0.25) is 0 Å². The molecule has 1 aromatic heterocycles. The standard InChI is InChI=1S/C44H48ClN5O3/c45-35-5-4-6-37-38(35)41(52)47-42-44(13-2-1-3-14-44)34-23-29(7-10-36(34)50(37)42)28-11-17-49(18-12-28)30-21-27(22-30)25-48-19-15-43(16-20-48)26-53-39-32-24-46-40(51)31(32)8-9-33(39)43/h4-10,23,27-28,30H,1-3,11-22,24-26H2,(H,46,51). The third kappa shape index (κ3) is 4.90. The molecule has 1 N–H and O–H groups in total. The van der Waals surface area contributed by atoms with E-state index in [9.17, 15) is 9.59 Å². The highest BCUT2D eigenvalue weighted by molar-refractivity contribution is 6.35. The largest absolute Gasteiger partial charge is 0.492 e. The fourth-order valence-electron chi connectivity index (χ4n) is 11.8. The number of piperidine rings is 2. The number of amides is 1. The second-order valence-electron chi connectivity index (χ2n) is 17.5. The molecule has 53 heavy (non-hydrogen) atoms. The average molecular weight is 730 g/mol. The molecule has 0 atom stereocenters. The third-order valence-corrected chi connectivity index (χ3v) is 15.1. The van der Waals surface area contributed by atoms with Crippen molar-refractivity contribution in [3.63, 3.8) is 0 Å². The fraction of sp³-hybridized carbons (Fsp3) is 0.523. The number of carbonyl (C=O) groups is 1. The van der Waals surface area contributed by atoms with Gasteiger partial charge in [0.15, 0.2) is 0 Å². The van der Waals surface area contributed by atoms with Crippen molar-refractivity contribution >= 4 is 28.4 Å². The summed E-state index contributed by atoms with van der Waals surface area (Å²) < 4.78 is 8.56. The Kier molecular flexibility index (Phi) is 7.49. The number of rotatable bonds is 4. The molecule has 2 spiro atoms. The molecule has 2 saturated carbocycles. The number of benzene rings is 3.